The Balaban J connectivity index is 1.26. The van der Waals surface area contributed by atoms with Crippen LogP contribution in [0.1, 0.15) is 77.6 Å². The minimum absolute atomic E-state index is 0.0319. The van der Waals surface area contributed by atoms with Crippen molar-refractivity contribution in [3.63, 3.8) is 0 Å². The van der Waals surface area contributed by atoms with Gasteiger partial charge in [0.1, 0.15) is 0 Å². The van der Waals surface area contributed by atoms with E-state index in [1.165, 1.54) is 18.9 Å². The lowest BCUT2D eigenvalue weighted by molar-refractivity contribution is 0.0706. The third-order valence-electron chi connectivity index (χ3n) is 9.02. The van der Waals surface area contributed by atoms with Crippen LogP contribution in [0.25, 0.3) is 0 Å². The Morgan fingerprint density at radius 3 is 2.45 bits per heavy atom. The van der Waals surface area contributed by atoms with Crippen LogP contribution in [-0.2, 0) is 16.4 Å². The summed E-state index contributed by atoms with van der Waals surface area (Å²) in [6.07, 6.45) is 8.97. The highest BCUT2D eigenvalue weighted by atomic mass is 32.2. The molecule has 0 radical (unpaired) electrons. The second-order valence-corrected chi connectivity index (χ2v) is 13.5. The molecule has 0 unspecified atom stereocenters. The summed E-state index contributed by atoms with van der Waals surface area (Å²) in [5, 5.41) is 12.2. The molecule has 0 bridgehead atoms. The number of piperidine rings is 1. The van der Waals surface area contributed by atoms with E-state index < -0.39 is 16.4 Å². The minimum atomic E-state index is -3.66. The normalized spacial score (nSPS) is 20.7. The van der Waals surface area contributed by atoms with Crippen LogP contribution in [0.2, 0.25) is 0 Å². The molecule has 38 heavy (non-hydrogen) atoms. The Morgan fingerprint density at radius 1 is 1.03 bits per heavy atom. The molecule has 2 aliphatic carbocycles. The summed E-state index contributed by atoms with van der Waals surface area (Å²) >= 11 is 0. The lowest BCUT2D eigenvalue weighted by Gasteiger charge is -2.35. The van der Waals surface area contributed by atoms with Crippen LogP contribution < -0.4 is 10.2 Å². The predicted molar refractivity (Wildman–Crippen MR) is 145 cm³/mol. The highest BCUT2D eigenvalue weighted by Crippen LogP contribution is 2.54. The van der Waals surface area contributed by atoms with E-state index in [1.807, 2.05) is 17.0 Å². The fourth-order valence-corrected chi connectivity index (χ4v) is 7.45. The molecule has 1 saturated heterocycles. The van der Waals surface area contributed by atoms with Crippen LogP contribution in [-0.4, -0.2) is 61.7 Å². The number of amides is 2. The van der Waals surface area contributed by atoms with Crippen molar-refractivity contribution < 1.29 is 23.1 Å². The fraction of sp³-hybridized carbons (Fsp3) is 0.517. The monoisotopic (exact) mass is 537 g/mol. The van der Waals surface area contributed by atoms with E-state index in [0.29, 0.717) is 40.5 Å². The van der Waals surface area contributed by atoms with E-state index in [0.717, 1.165) is 57.2 Å². The zero-order valence-corrected chi connectivity index (χ0v) is 22.4. The van der Waals surface area contributed by atoms with E-state index in [1.54, 1.807) is 18.2 Å². The summed E-state index contributed by atoms with van der Waals surface area (Å²) in [7, 11) is -3.66. The molecular weight excluding hydrogens is 502 g/mol. The molecule has 4 aliphatic rings. The molecular formula is C29H35N3O5S. The number of benzene rings is 2. The second-order valence-electron chi connectivity index (χ2n) is 11.4. The third-order valence-corrected chi connectivity index (χ3v) is 10.7. The average Bonchev–Trinajstić information content (AvgIpc) is 3.30. The van der Waals surface area contributed by atoms with Crippen LogP contribution >= 0.6 is 0 Å². The maximum atomic E-state index is 13.5. The largest absolute Gasteiger partial charge is 0.395 e. The van der Waals surface area contributed by atoms with Gasteiger partial charge >= 0.3 is 0 Å². The predicted octanol–water partition coefficient (Wildman–Crippen LogP) is 3.98. The van der Waals surface area contributed by atoms with Gasteiger partial charge in [0.25, 0.3) is 11.8 Å². The molecule has 2 saturated carbocycles. The Morgan fingerprint density at radius 2 is 1.76 bits per heavy atom. The highest BCUT2D eigenvalue weighted by Gasteiger charge is 2.44. The van der Waals surface area contributed by atoms with Crippen molar-refractivity contribution >= 4 is 33.0 Å². The average molecular weight is 538 g/mol. The lowest BCUT2D eigenvalue weighted by Crippen LogP contribution is -2.36. The minimum Gasteiger partial charge on any atom is -0.395 e. The second kappa shape index (κ2) is 9.68. The first kappa shape index (κ1) is 25.4. The number of rotatable bonds is 7. The summed E-state index contributed by atoms with van der Waals surface area (Å²) in [5.74, 6) is -0.664. The molecule has 2 aromatic rings. The Bertz CT molecular complexity index is 1370. The number of nitrogens with zero attached hydrogens (tertiary/aromatic N) is 2. The van der Waals surface area contributed by atoms with Gasteiger partial charge in [-0.1, -0.05) is 18.9 Å². The van der Waals surface area contributed by atoms with E-state index in [4.69, 9.17) is 0 Å². The van der Waals surface area contributed by atoms with Crippen LogP contribution in [0.3, 0.4) is 0 Å². The molecule has 0 atom stereocenters. The van der Waals surface area contributed by atoms with Crippen molar-refractivity contribution in [3.05, 3.63) is 53.1 Å². The van der Waals surface area contributed by atoms with Crippen molar-refractivity contribution in [1.29, 1.82) is 0 Å². The maximum Gasteiger partial charge on any atom is 0.257 e. The van der Waals surface area contributed by atoms with Crippen molar-refractivity contribution in [1.82, 2.24) is 4.90 Å². The van der Waals surface area contributed by atoms with Crippen LogP contribution in [0.5, 0.6) is 0 Å². The number of nitrogens with one attached hydrogen (secondary N) is 1. The smallest absolute Gasteiger partial charge is 0.257 e. The highest BCUT2D eigenvalue weighted by molar-refractivity contribution is 7.91. The standard InChI is InChI=1S/C29H35N3O5S/c33-15-16-38(36,37)23-7-8-24(26(18-23)31-13-11-29(9-10-29)12-14-31)27(34)30-21-6-5-20-19-32(22-3-1-2-4-22)28(35)25(20)17-21/h5-8,17-18,22,33H,1-4,9-16,19H2,(H,30,34). The number of carbonyl (C=O) groups is 2. The van der Waals surface area contributed by atoms with Gasteiger partial charge in [-0.05, 0) is 79.8 Å². The van der Waals surface area contributed by atoms with Crippen molar-refractivity contribution in [2.24, 2.45) is 5.41 Å². The van der Waals surface area contributed by atoms with E-state index in [-0.39, 0.29) is 22.5 Å². The van der Waals surface area contributed by atoms with Crippen molar-refractivity contribution in [2.75, 3.05) is 35.7 Å². The summed E-state index contributed by atoms with van der Waals surface area (Å²) in [6, 6.07) is 10.4. The van der Waals surface area contributed by atoms with Gasteiger partial charge in [0, 0.05) is 36.9 Å². The fourth-order valence-electron chi connectivity index (χ4n) is 6.41. The van der Waals surface area contributed by atoms with Gasteiger partial charge in [-0.3, -0.25) is 9.59 Å². The summed E-state index contributed by atoms with van der Waals surface area (Å²) in [5.41, 5.74) is 3.62. The number of carbonyl (C=O) groups excluding carboxylic acids is 2. The quantitative estimate of drug-likeness (QED) is 0.553. The first-order valence-corrected chi connectivity index (χ1v) is 15.4. The van der Waals surface area contributed by atoms with E-state index in [9.17, 15) is 23.1 Å². The van der Waals surface area contributed by atoms with Gasteiger partial charge in [-0.15, -0.1) is 0 Å². The van der Waals surface area contributed by atoms with Crippen LogP contribution in [0.15, 0.2) is 41.3 Å². The zero-order valence-electron chi connectivity index (χ0n) is 21.6. The third kappa shape index (κ3) is 4.71. The first-order chi connectivity index (χ1) is 18.3. The van der Waals surface area contributed by atoms with Crippen LogP contribution in [0.4, 0.5) is 11.4 Å². The number of hydrogen-bond acceptors (Lipinski definition) is 6. The molecule has 6 rings (SSSR count). The molecule has 2 heterocycles. The number of aliphatic hydroxyl groups is 1. The molecule has 2 N–H and O–H groups in total. The Labute approximate surface area is 223 Å². The molecule has 2 aliphatic heterocycles. The zero-order chi connectivity index (χ0) is 26.5. The molecule has 3 fully saturated rings. The molecule has 2 aromatic carbocycles. The van der Waals surface area contributed by atoms with Gasteiger partial charge in [0.05, 0.1) is 28.5 Å². The van der Waals surface area contributed by atoms with Gasteiger partial charge in [-0.25, -0.2) is 8.42 Å². The molecule has 8 nitrogen and oxygen atoms in total. The summed E-state index contributed by atoms with van der Waals surface area (Å²) < 4.78 is 25.4. The SMILES string of the molecule is O=C(Nc1ccc2c(c1)C(=O)N(C1CCCC1)C2)c1ccc(S(=O)(=O)CCO)cc1N1CCC2(CC1)CC2. The summed E-state index contributed by atoms with van der Waals surface area (Å²) in [6.45, 7) is 1.71. The lowest BCUT2D eigenvalue weighted by atomic mass is 9.93. The molecule has 202 valence electrons. The molecule has 2 amide bonds. The van der Waals surface area contributed by atoms with E-state index >= 15 is 0 Å². The molecule has 9 heteroatoms. The topological polar surface area (TPSA) is 107 Å². The van der Waals surface area contributed by atoms with Crippen LogP contribution in [0, 0.1) is 5.41 Å². The number of fused-ring (bicyclic) bond motifs is 1. The first-order valence-electron chi connectivity index (χ1n) is 13.8. The number of sulfone groups is 1. The van der Waals surface area contributed by atoms with Gasteiger partial charge in [-0.2, -0.15) is 0 Å². The Kier molecular flexibility index (Phi) is 6.46. The maximum absolute atomic E-state index is 13.5. The van der Waals surface area contributed by atoms with Gasteiger partial charge in [0.2, 0.25) is 0 Å². The molecule has 1 spiro atoms. The number of anilines is 2. The van der Waals surface area contributed by atoms with Gasteiger partial charge in [0.15, 0.2) is 9.84 Å². The molecule has 0 aromatic heterocycles. The van der Waals surface area contributed by atoms with E-state index in [2.05, 4.69) is 10.2 Å². The number of hydrogen-bond donors (Lipinski definition) is 2. The Hall–Kier alpha value is -2.91. The summed E-state index contributed by atoms with van der Waals surface area (Å²) in [4.78, 5) is 30.9. The van der Waals surface area contributed by atoms with Crippen molar-refractivity contribution in [2.45, 2.75) is 68.8 Å². The van der Waals surface area contributed by atoms with Crippen molar-refractivity contribution in [3.8, 4) is 0 Å². The number of aliphatic hydroxyl groups excluding tert-OH is 1. The van der Waals surface area contributed by atoms with Gasteiger partial charge < -0.3 is 20.2 Å².